The SMILES string of the molecule is CCOc1cc(CC(O)CCN2C(=O)c3cccc(NC(C)=O)c3C2=O)ccc1OC. The second-order valence-electron chi connectivity index (χ2n) is 7.24. The third kappa shape index (κ3) is 4.86. The van der Waals surface area contributed by atoms with Gasteiger partial charge in [0.15, 0.2) is 11.5 Å². The summed E-state index contributed by atoms with van der Waals surface area (Å²) in [6.45, 7) is 3.77. The Hall–Kier alpha value is -3.39. The standard InChI is InChI=1S/C23H26N2O6/c1-4-31-20-13-15(8-9-19(20)30-3)12-16(27)10-11-25-22(28)17-6-5-7-18(24-14(2)26)21(17)23(25)29/h5-9,13,16,27H,4,10-12H2,1-3H3,(H,24,26). The van der Waals surface area contributed by atoms with Gasteiger partial charge >= 0.3 is 0 Å². The number of carbonyl (C=O) groups is 3. The number of hydrogen-bond donors (Lipinski definition) is 2. The van der Waals surface area contributed by atoms with Gasteiger partial charge < -0.3 is 19.9 Å². The third-order valence-corrected chi connectivity index (χ3v) is 4.99. The molecule has 164 valence electrons. The Kier molecular flexibility index (Phi) is 6.91. The van der Waals surface area contributed by atoms with Crippen LogP contribution in [-0.4, -0.2) is 54.1 Å². The molecule has 1 aliphatic rings. The highest BCUT2D eigenvalue weighted by molar-refractivity contribution is 6.24. The van der Waals surface area contributed by atoms with Crippen LogP contribution in [0.3, 0.4) is 0 Å². The van der Waals surface area contributed by atoms with Gasteiger partial charge in [-0.05, 0) is 49.6 Å². The van der Waals surface area contributed by atoms with Crippen molar-refractivity contribution in [3.63, 3.8) is 0 Å². The first-order valence-electron chi connectivity index (χ1n) is 10.1. The Bertz CT molecular complexity index is 1000. The molecule has 2 N–H and O–H groups in total. The molecule has 0 saturated carbocycles. The zero-order valence-corrected chi connectivity index (χ0v) is 17.8. The fourth-order valence-corrected chi connectivity index (χ4v) is 3.60. The molecule has 0 radical (unpaired) electrons. The van der Waals surface area contributed by atoms with E-state index in [9.17, 15) is 19.5 Å². The molecule has 2 aromatic rings. The Labute approximate surface area is 180 Å². The van der Waals surface area contributed by atoms with Crippen LogP contribution in [0.25, 0.3) is 0 Å². The van der Waals surface area contributed by atoms with Gasteiger partial charge in [0.25, 0.3) is 11.8 Å². The van der Waals surface area contributed by atoms with Crippen LogP contribution in [0, 0.1) is 0 Å². The lowest BCUT2D eigenvalue weighted by Gasteiger charge is -2.18. The summed E-state index contributed by atoms with van der Waals surface area (Å²) < 4.78 is 10.8. The summed E-state index contributed by atoms with van der Waals surface area (Å²) >= 11 is 0. The summed E-state index contributed by atoms with van der Waals surface area (Å²) in [7, 11) is 1.56. The number of carbonyl (C=O) groups excluding carboxylic acids is 3. The molecular weight excluding hydrogens is 400 g/mol. The maximum absolute atomic E-state index is 12.8. The van der Waals surface area contributed by atoms with Gasteiger partial charge in [-0.15, -0.1) is 0 Å². The number of rotatable bonds is 9. The predicted octanol–water partition coefficient (Wildman–Crippen LogP) is 2.64. The molecule has 0 spiro atoms. The Morgan fingerprint density at radius 1 is 1.16 bits per heavy atom. The highest BCUT2D eigenvalue weighted by atomic mass is 16.5. The van der Waals surface area contributed by atoms with Crippen molar-refractivity contribution in [2.45, 2.75) is 32.8 Å². The number of aliphatic hydroxyl groups is 1. The first-order valence-corrected chi connectivity index (χ1v) is 10.1. The molecule has 1 unspecified atom stereocenters. The molecule has 1 atom stereocenters. The maximum atomic E-state index is 12.8. The van der Waals surface area contributed by atoms with Gasteiger partial charge in [0.05, 0.1) is 36.6 Å². The smallest absolute Gasteiger partial charge is 0.263 e. The average molecular weight is 426 g/mol. The van der Waals surface area contributed by atoms with Crippen LogP contribution in [0.1, 0.15) is 46.5 Å². The number of ether oxygens (including phenoxy) is 2. The van der Waals surface area contributed by atoms with E-state index in [1.54, 1.807) is 31.4 Å². The van der Waals surface area contributed by atoms with Crippen molar-refractivity contribution in [3.05, 3.63) is 53.1 Å². The van der Waals surface area contributed by atoms with Crippen molar-refractivity contribution in [1.82, 2.24) is 4.90 Å². The van der Waals surface area contributed by atoms with Crippen LogP contribution in [0.2, 0.25) is 0 Å². The van der Waals surface area contributed by atoms with Crippen molar-refractivity contribution in [3.8, 4) is 11.5 Å². The quantitative estimate of drug-likeness (QED) is 0.598. The van der Waals surface area contributed by atoms with Crippen LogP contribution in [0.15, 0.2) is 36.4 Å². The van der Waals surface area contributed by atoms with Crippen molar-refractivity contribution in [2.75, 3.05) is 25.6 Å². The zero-order chi connectivity index (χ0) is 22.5. The first kappa shape index (κ1) is 22.3. The number of imide groups is 1. The van der Waals surface area contributed by atoms with Gasteiger partial charge in [-0.2, -0.15) is 0 Å². The molecule has 0 aromatic heterocycles. The number of benzene rings is 2. The molecule has 0 saturated heterocycles. The lowest BCUT2D eigenvalue weighted by Crippen LogP contribution is -2.33. The van der Waals surface area contributed by atoms with Gasteiger partial charge in [-0.3, -0.25) is 19.3 Å². The van der Waals surface area contributed by atoms with E-state index in [2.05, 4.69) is 5.32 Å². The second-order valence-corrected chi connectivity index (χ2v) is 7.24. The second kappa shape index (κ2) is 9.61. The summed E-state index contributed by atoms with van der Waals surface area (Å²) in [5.41, 5.74) is 1.61. The number of anilines is 1. The number of nitrogens with one attached hydrogen (secondary N) is 1. The van der Waals surface area contributed by atoms with Crippen molar-refractivity contribution in [1.29, 1.82) is 0 Å². The molecule has 0 fully saturated rings. The van der Waals surface area contributed by atoms with Crippen LogP contribution in [-0.2, 0) is 11.2 Å². The Morgan fingerprint density at radius 3 is 2.61 bits per heavy atom. The zero-order valence-electron chi connectivity index (χ0n) is 17.8. The van der Waals surface area contributed by atoms with E-state index in [0.717, 1.165) is 10.5 Å². The van der Waals surface area contributed by atoms with E-state index in [1.807, 2.05) is 19.1 Å². The first-order chi connectivity index (χ1) is 14.8. The van der Waals surface area contributed by atoms with Crippen LogP contribution >= 0.6 is 0 Å². The lowest BCUT2D eigenvalue weighted by atomic mass is 10.0. The van der Waals surface area contributed by atoms with E-state index in [1.165, 1.54) is 6.92 Å². The predicted molar refractivity (Wildman–Crippen MR) is 115 cm³/mol. The molecule has 1 heterocycles. The highest BCUT2D eigenvalue weighted by Gasteiger charge is 2.37. The maximum Gasteiger partial charge on any atom is 0.263 e. The van der Waals surface area contributed by atoms with E-state index in [0.29, 0.717) is 30.2 Å². The van der Waals surface area contributed by atoms with Gasteiger partial charge in [0.1, 0.15) is 0 Å². The summed E-state index contributed by atoms with van der Waals surface area (Å²) in [6, 6.07) is 10.2. The van der Waals surface area contributed by atoms with Gasteiger partial charge in [-0.1, -0.05) is 12.1 Å². The molecule has 8 heteroatoms. The highest BCUT2D eigenvalue weighted by Crippen LogP contribution is 2.31. The molecule has 0 aliphatic carbocycles. The normalized spacial score (nSPS) is 13.7. The van der Waals surface area contributed by atoms with E-state index < -0.39 is 17.9 Å². The Balaban J connectivity index is 1.66. The summed E-state index contributed by atoms with van der Waals surface area (Å²) in [5.74, 6) is -0.0165. The topological polar surface area (TPSA) is 105 Å². The van der Waals surface area contributed by atoms with Gasteiger partial charge in [0.2, 0.25) is 5.91 Å². The number of aliphatic hydroxyl groups excluding tert-OH is 1. The van der Waals surface area contributed by atoms with Gasteiger partial charge in [0, 0.05) is 13.5 Å². The monoisotopic (exact) mass is 426 g/mol. The molecule has 1 aliphatic heterocycles. The third-order valence-electron chi connectivity index (χ3n) is 4.99. The van der Waals surface area contributed by atoms with Crippen molar-refractivity contribution >= 4 is 23.4 Å². The van der Waals surface area contributed by atoms with E-state index >= 15 is 0 Å². The molecule has 0 bridgehead atoms. The molecule has 3 rings (SSSR count). The fourth-order valence-electron chi connectivity index (χ4n) is 3.60. The lowest BCUT2D eigenvalue weighted by molar-refractivity contribution is -0.114. The number of fused-ring (bicyclic) bond motifs is 1. The molecular formula is C23H26N2O6. The van der Waals surface area contributed by atoms with Crippen LogP contribution < -0.4 is 14.8 Å². The number of methoxy groups -OCH3 is 1. The minimum Gasteiger partial charge on any atom is -0.493 e. The van der Waals surface area contributed by atoms with Crippen LogP contribution in [0.5, 0.6) is 11.5 Å². The fraction of sp³-hybridized carbons (Fsp3) is 0.348. The van der Waals surface area contributed by atoms with E-state index in [4.69, 9.17) is 9.47 Å². The van der Waals surface area contributed by atoms with Crippen LogP contribution in [0.4, 0.5) is 5.69 Å². The molecule has 3 amide bonds. The van der Waals surface area contributed by atoms with Crippen molar-refractivity contribution in [2.24, 2.45) is 0 Å². The minimum absolute atomic E-state index is 0.0709. The molecule has 8 nitrogen and oxygen atoms in total. The summed E-state index contributed by atoms with van der Waals surface area (Å²) in [4.78, 5) is 38.0. The Morgan fingerprint density at radius 2 is 1.94 bits per heavy atom. The van der Waals surface area contributed by atoms with E-state index in [-0.39, 0.29) is 30.0 Å². The average Bonchev–Trinajstić information content (AvgIpc) is 2.97. The minimum atomic E-state index is -0.762. The number of amides is 3. The number of hydrogen-bond acceptors (Lipinski definition) is 6. The summed E-state index contributed by atoms with van der Waals surface area (Å²) in [5, 5.41) is 13.1. The largest absolute Gasteiger partial charge is 0.493 e. The van der Waals surface area contributed by atoms with Crippen molar-refractivity contribution < 1.29 is 29.0 Å². The summed E-state index contributed by atoms with van der Waals surface area (Å²) in [6.07, 6.45) is -0.205. The molecule has 2 aromatic carbocycles. The molecule has 31 heavy (non-hydrogen) atoms. The van der Waals surface area contributed by atoms with Gasteiger partial charge in [-0.25, -0.2) is 0 Å². The number of nitrogens with zero attached hydrogens (tertiary/aromatic N) is 1.